The summed E-state index contributed by atoms with van der Waals surface area (Å²) in [6.07, 6.45) is -0.0187. The number of hydrogen-bond donors (Lipinski definition) is 1. The van der Waals surface area contributed by atoms with Gasteiger partial charge in [-0.15, -0.1) is 0 Å². The van der Waals surface area contributed by atoms with Gasteiger partial charge in [0.15, 0.2) is 0 Å². The highest BCUT2D eigenvalue weighted by Gasteiger charge is 2.44. The van der Waals surface area contributed by atoms with Crippen LogP contribution >= 0.6 is 0 Å². The number of aryl methyl sites for hydroxylation is 1. The number of nitrogens with zero attached hydrogens (tertiary/aromatic N) is 1. The van der Waals surface area contributed by atoms with Crippen molar-refractivity contribution < 1.29 is 24.2 Å². The second-order valence-corrected chi connectivity index (χ2v) is 7.35. The van der Waals surface area contributed by atoms with Crippen molar-refractivity contribution in [1.29, 1.82) is 0 Å². The molecule has 0 saturated carbocycles. The number of methoxy groups -OCH3 is 1. The van der Waals surface area contributed by atoms with E-state index in [2.05, 4.69) is 0 Å². The van der Waals surface area contributed by atoms with Crippen LogP contribution in [0.2, 0.25) is 0 Å². The van der Waals surface area contributed by atoms with Gasteiger partial charge in [-0.25, -0.2) is 0 Å². The molecule has 2 aromatic rings. The molecular formula is C23H25NO5. The predicted molar refractivity (Wildman–Crippen MR) is 110 cm³/mol. The quantitative estimate of drug-likeness (QED) is 0.473. The lowest BCUT2D eigenvalue weighted by Crippen LogP contribution is -2.24. The first-order chi connectivity index (χ1) is 13.7. The second-order valence-electron chi connectivity index (χ2n) is 7.35. The van der Waals surface area contributed by atoms with Crippen LogP contribution in [0.1, 0.15) is 36.6 Å². The number of carbonyl (C=O) groups excluding carboxylic acids is 2. The standard InChI is InChI=1S/C23H25NO5/c1-13(2)29-16-8-6-7-15(12-16)20-19(22(26)23(27)24(20)4)21(25)17-11-14(3)9-10-18(17)28-5/h6-13,20,25H,1-5H3/b21-19+. The number of aliphatic hydroxyl groups excluding tert-OH is 1. The predicted octanol–water partition coefficient (Wildman–Crippen LogP) is 3.84. The molecule has 6 nitrogen and oxygen atoms in total. The highest BCUT2D eigenvalue weighted by molar-refractivity contribution is 6.46. The first-order valence-electron chi connectivity index (χ1n) is 9.40. The van der Waals surface area contributed by atoms with Crippen molar-refractivity contribution in [2.75, 3.05) is 14.2 Å². The van der Waals surface area contributed by atoms with Gasteiger partial charge in [0.2, 0.25) is 0 Å². The van der Waals surface area contributed by atoms with Gasteiger partial charge in [0.05, 0.1) is 30.4 Å². The largest absolute Gasteiger partial charge is 0.507 e. The average molecular weight is 395 g/mol. The van der Waals surface area contributed by atoms with Crippen LogP contribution in [0.25, 0.3) is 5.76 Å². The third-order valence-corrected chi connectivity index (χ3v) is 4.83. The number of hydrogen-bond acceptors (Lipinski definition) is 5. The van der Waals surface area contributed by atoms with Gasteiger partial charge < -0.3 is 19.5 Å². The summed E-state index contributed by atoms with van der Waals surface area (Å²) >= 11 is 0. The molecule has 3 rings (SSSR count). The molecule has 1 saturated heterocycles. The van der Waals surface area contributed by atoms with Gasteiger partial charge in [-0.1, -0.05) is 23.8 Å². The summed E-state index contributed by atoms with van der Waals surface area (Å²) in [5.74, 6) is -0.601. The maximum absolute atomic E-state index is 12.8. The normalized spacial score (nSPS) is 18.4. The Morgan fingerprint density at radius 3 is 2.52 bits per heavy atom. The topological polar surface area (TPSA) is 76.1 Å². The lowest BCUT2D eigenvalue weighted by molar-refractivity contribution is -0.139. The van der Waals surface area contributed by atoms with Crippen molar-refractivity contribution >= 4 is 17.4 Å². The van der Waals surface area contributed by atoms with Gasteiger partial charge in [0.25, 0.3) is 11.7 Å². The van der Waals surface area contributed by atoms with Crippen LogP contribution in [0.5, 0.6) is 11.5 Å². The number of rotatable bonds is 5. The first-order valence-corrected chi connectivity index (χ1v) is 9.40. The van der Waals surface area contributed by atoms with E-state index in [-0.39, 0.29) is 17.4 Å². The number of Topliss-reactive ketones (excluding diaryl/α,β-unsaturated/α-hetero) is 1. The smallest absolute Gasteiger partial charge is 0.295 e. The summed E-state index contributed by atoms with van der Waals surface area (Å²) in [5, 5.41) is 11.1. The molecule has 0 bridgehead atoms. The minimum atomic E-state index is -0.728. The third kappa shape index (κ3) is 3.83. The second kappa shape index (κ2) is 7.99. The molecule has 0 spiro atoms. The first kappa shape index (κ1) is 20.5. The van der Waals surface area contributed by atoms with Crippen LogP contribution in [0.4, 0.5) is 0 Å². The Hall–Kier alpha value is -3.28. The molecule has 1 heterocycles. The SMILES string of the molecule is COc1ccc(C)cc1/C(O)=C1\C(=O)C(=O)N(C)C1c1cccc(OC(C)C)c1. The van der Waals surface area contributed by atoms with Crippen molar-refractivity contribution in [1.82, 2.24) is 4.90 Å². The van der Waals surface area contributed by atoms with Crippen molar-refractivity contribution in [3.05, 3.63) is 64.7 Å². The zero-order chi connectivity index (χ0) is 21.3. The van der Waals surface area contributed by atoms with E-state index in [1.54, 1.807) is 37.4 Å². The minimum Gasteiger partial charge on any atom is -0.507 e. The van der Waals surface area contributed by atoms with E-state index >= 15 is 0 Å². The molecule has 1 aliphatic rings. The van der Waals surface area contributed by atoms with Gasteiger partial charge in [0, 0.05) is 7.05 Å². The number of likely N-dealkylation sites (tertiary alicyclic amines) is 1. The molecule has 29 heavy (non-hydrogen) atoms. The lowest BCUT2D eigenvalue weighted by atomic mass is 9.94. The van der Waals surface area contributed by atoms with Gasteiger partial charge >= 0.3 is 0 Å². The Balaban J connectivity index is 2.18. The van der Waals surface area contributed by atoms with Crippen LogP contribution in [0.3, 0.4) is 0 Å². The highest BCUT2D eigenvalue weighted by Crippen LogP contribution is 2.40. The summed E-state index contributed by atoms with van der Waals surface area (Å²) in [7, 11) is 3.04. The molecule has 1 aliphatic heterocycles. The van der Waals surface area contributed by atoms with Crippen LogP contribution in [-0.4, -0.2) is 42.0 Å². The van der Waals surface area contributed by atoms with Crippen LogP contribution < -0.4 is 9.47 Å². The van der Waals surface area contributed by atoms with Crippen molar-refractivity contribution in [2.45, 2.75) is 32.9 Å². The van der Waals surface area contributed by atoms with E-state index in [0.29, 0.717) is 22.6 Å². The Kier molecular flexibility index (Phi) is 5.64. The minimum absolute atomic E-state index is 0.0187. The van der Waals surface area contributed by atoms with Crippen molar-refractivity contribution in [3.8, 4) is 11.5 Å². The summed E-state index contributed by atoms with van der Waals surface area (Å²) in [6.45, 7) is 5.71. The Morgan fingerprint density at radius 2 is 1.86 bits per heavy atom. The zero-order valence-electron chi connectivity index (χ0n) is 17.2. The van der Waals surface area contributed by atoms with E-state index < -0.39 is 17.7 Å². The van der Waals surface area contributed by atoms with E-state index in [4.69, 9.17) is 9.47 Å². The zero-order valence-corrected chi connectivity index (χ0v) is 17.2. The molecule has 1 unspecified atom stereocenters. The van der Waals surface area contributed by atoms with Crippen molar-refractivity contribution in [2.24, 2.45) is 0 Å². The van der Waals surface area contributed by atoms with Crippen LogP contribution in [0, 0.1) is 6.92 Å². The monoisotopic (exact) mass is 395 g/mol. The lowest BCUT2D eigenvalue weighted by Gasteiger charge is -2.22. The summed E-state index contributed by atoms with van der Waals surface area (Å²) in [6, 6.07) is 11.8. The molecule has 1 N–H and O–H groups in total. The molecule has 1 atom stereocenters. The van der Waals surface area contributed by atoms with Gasteiger partial charge in [0.1, 0.15) is 17.3 Å². The van der Waals surface area contributed by atoms with E-state index in [1.165, 1.54) is 12.0 Å². The number of carbonyl (C=O) groups is 2. The Bertz CT molecular complexity index is 993. The van der Waals surface area contributed by atoms with Crippen molar-refractivity contribution in [3.63, 3.8) is 0 Å². The maximum Gasteiger partial charge on any atom is 0.295 e. The summed E-state index contributed by atoms with van der Waals surface area (Å²) < 4.78 is 11.1. The van der Waals surface area contributed by atoms with E-state index in [0.717, 1.165) is 5.56 Å². The van der Waals surface area contributed by atoms with Gasteiger partial charge in [-0.2, -0.15) is 0 Å². The van der Waals surface area contributed by atoms with Crippen LogP contribution in [0.15, 0.2) is 48.0 Å². The fourth-order valence-electron chi connectivity index (χ4n) is 3.52. The molecule has 6 heteroatoms. The van der Waals surface area contributed by atoms with Crippen LogP contribution in [-0.2, 0) is 9.59 Å². The number of ether oxygens (including phenoxy) is 2. The molecule has 152 valence electrons. The molecule has 1 fully saturated rings. The Labute approximate surface area is 170 Å². The molecular weight excluding hydrogens is 370 g/mol. The van der Waals surface area contributed by atoms with E-state index in [9.17, 15) is 14.7 Å². The average Bonchev–Trinajstić information content (AvgIpc) is 2.91. The molecule has 0 radical (unpaired) electrons. The maximum atomic E-state index is 12.8. The van der Waals surface area contributed by atoms with Gasteiger partial charge in [-0.3, -0.25) is 9.59 Å². The van der Waals surface area contributed by atoms with Gasteiger partial charge in [-0.05, 0) is 50.6 Å². The number of ketones is 1. The Morgan fingerprint density at radius 1 is 1.14 bits per heavy atom. The fourth-order valence-corrected chi connectivity index (χ4v) is 3.52. The molecule has 0 aliphatic carbocycles. The summed E-state index contributed by atoms with van der Waals surface area (Å²) in [4.78, 5) is 26.6. The van der Waals surface area contributed by atoms with E-state index in [1.807, 2.05) is 32.9 Å². The highest BCUT2D eigenvalue weighted by atomic mass is 16.5. The number of aliphatic hydroxyl groups is 1. The number of likely N-dealkylation sites (N-methyl/N-ethyl adjacent to an activating group) is 1. The molecule has 2 aromatic carbocycles. The number of amides is 1. The molecule has 1 amide bonds. The summed E-state index contributed by atoms with van der Waals surface area (Å²) in [5.41, 5.74) is 1.97. The third-order valence-electron chi connectivity index (χ3n) is 4.83. The number of benzene rings is 2. The molecule has 0 aromatic heterocycles. The fraction of sp³-hybridized carbons (Fsp3) is 0.304.